The van der Waals surface area contributed by atoms with Crippen LogP contribution in [0.5, 0.6) is 0 Å². The standard InChI is InChI=1S/C47H82O19P2/c1-3-5-7-8-9-10-11-12-13-14-15-16-17-22-26-32-41(52)64-37(35-63-68(60,61)66-47-44(55)42(53)43(54)46(45(47)56)65-67(57,58)59)34-62-40(51)33-27-31-39(50)38(49)30-25-21-19-18-20-24-29-36(48)28-23-6-4-2/h6,18-21,23-25,29-30,36-39,42-50,53-56H,3-5,7-17,22,26-28,31-35H2,1-2H3,(H,60,61)(H2,57,58,59)/b20-18+,21-19-,23-6-,29-24+,30-25-/t36-,37-,38+,39+,42?,43?,44?,45?,46-,47+/m1/s1. The molecule has 0 saturated heterocycles. The number of hydrogen-bond acceptors (Lipinski definition) is 16. The van der Waals surface area contributed by atoms with Gasteiger partial charge in [-0.25, -0.2) is 9.13 Å². The third-order valence-corrected chi connectivity index (χ3v) is 12.5. The predicted octanol–water partition coefficient (Wildman–Crippen LogP) is 5.97. The zero-order valence-corrected chi connectivity index (χ0v) is 41.6. The van der Waals surface area contributed by atoms with Crippen molar-refractivity contribution in [1.29, 1.82) is 0 Å². The number of allylic oxidation sites excluding steroid dienone is 7. The molecule has 1 aliphatic carbocycles. The van der Waals surface area contributed by atoms with Crippen molar-refractivity contribution in [2.45, 2.75) is 210 Å². The predicted molar refractivity (Wildman–Crippen MR) is 254 cm³/mol. The van der Waals surface area contributed by atoms with Crippen molar-refractivity contribution in [3.05, 3.63) is 60.8 Å². The van der Waals surface area contributed by atoms with Crippen molar-refractivity contribution in [3.63, 3.8) is 0 Å². The Labute approximate surface area is 402 Å². The topological polar surface area (TPSA) is 317 Å². The average Bonchev–Trinajstić information content (AvgIpc) is 3.28. The number of carbonyl (C=O) groups excluding carboxylic acids is 2. The van der Waals surface area contributed by atoms with Crippen LogP contribution in [0.15, 0.2) is 60.8 Å². The van der Waals surface area contributed by atoms with Crippen LogP contribution in [0.3, 0.4) is 0 Å². The highest BCUT2D eigenvalue weighted by Crippen LogP contribution is 2.49. The van der Waals surface area contributed by atoms with E-state index in [1.165, 1.54) is 69.9 Å². The fourth-order valence-corrected chi connectivity index (χ4v) is 8.61. The van der Waals surface area contributed by atoms with Gasteiger partial charge in [0.25, 0.3) is 0 Å². The number of aliphatic hydroxyl groups excluding tert-OH is 7. The van der Waals surface area contributed by atoms with E-state index < -0.39 is 102 Å². The molecule has 1 fully saturated rings. The minimum absolute atomic E-state index is 0.00124. The third-order valence-electron chi connectivity index (χ3n) is 10.9. The van der Waals surface area contributed by atoms with Crippen LogP contribution in [0.25, 0.3) is 0 Å². The summed E-state index contributed by atoms with van der Waals surface area (Å²) in [6.07, 6.45) is 16.7. The molecule has 0 amide bonds. The van der Waals surface area contributed by atoms with Gasteiger partial charge in [-0.05, 0) is 32.1 Å². The summed E-state index contributed by atoms with van der Waals surface area (Å²) < 4.78 is 49.1. The van der Waals surface area contributed by atoms with Gasteiger partial charge in [-0.2, -0.15) is 0 Å². The molecule has 11 atom stereocenters. The second kappa shape index (κ2) is 37.4. The first-order valence-electron chi connectivity index (χ1n) is 24.2. The quantitative estimate of drug-likeness (QED) is 0.0111. The van der Waals surface area contributed by atoms with E-state index in [1.54, 1.807) is 36.5 Å². The summed E-state index contributed by atoms with van der Waals surface area (Å²) in [5.74, 6) is -1.54. The number of phosphoric ester groups is 2. The van der Waals surface area contributed by atoms with Crippen molar-refractivity contribution in [2.24, 2.45) is 0 Å². The van der Waals surface area contributed by atoms with Gasteiger partial charge in [0.05, 0.1) is 24.9 Å². The van der Waals surface area contributed by atoms with E-state index in [9.17, 15) is 69.1 Å². The molecule has 0 aliphatic heterocycles. The number of phosphoric acid groups is 2. The van der Waals surface area contributed by atoms with Gasteiger partial charge in [0, 0.05) is 12.8 Å². The zero-order valence-electron chi connectivity index (χ0n) is 39.9. The highest BCUT2D eigenvalue weighted by Gasteiger charge is 2.54. The number of unbranched alkanes of at least 4 members (excludes halogenated alkanes) is 14. The van der Waals surface area contributed by atoms with Crippen molar-refractivity contribution < 1.29 is 92.2 Å². The van der Waals surface area contributed by atoms with Crippen LogP contribution in [0, 0.1) is 0 Å². The van der Waals surface area contributed by atoms with Crippen LogP contribution >= 0.6 is 15.6 Å². The number of carbonyl (C=O) groups is 2. The minimum Gasteiger partial charge on any atom is -0.462 e. The molecule has 68 heavy (non-hydrogen) atoms. The summed E-state index contributed by atoms with van der Waals surface area (Å²) in [6.45, 7) is 2.63. The maximum Gasteiger partial charge on any atom is 0.472 e. The van der Waals surface area contributed by atoms with Crippen LogP contribution in [0.1, 0.15) is 149 Å². The Bertz CT molecular complexity index is 1600. The molecule has 394 valence electrons. The molecule has 19 nitrogen and oxygen atoms in total. The number of esters is 2. The molecule has 1 saturated carbocycles. The first kappa shape index (κ1) is 63.6. The molecule has 10 N–H and O–H groups in total. The lowest BCUT2D eigenvalue weighted by atomic mass is 9.85. The van der Waals surface area contributed by atoms with Gasteiger partial charge < -0.3 is 59.9 Å². The maximum absolute atomic E-state index is 13.0. The summed E-state index contributed by atoms with van der Waals surface area (Å²) in [4.78, 5) is 54.3. The molecular weight excluding hydrogens is 930 g/mol. The Kier molecular flexibility index (Phi) is 35.0. The molecule has 5 unspecified atom stereocenters. The summed E-state index contributed by atoms with van der Waals surface area (Å²) in [5, 5.41) is 71.8. The van der Waals surface area contributed by atoms with E-state index >= 15 is 0 Å². The van der Waals surface area contributed by atoms with Crippen molar-refractivity contribution in [1.82, 2.24) is 0 Å². The Hall–Kier alpha value is -2.42. The summed E-state index contributed by atoms with van der Waals surface area (Å²) >= 11 is 0. The van der Waals surface area contributed by atoms with E-state index in [1.807, 2.05) is 19.1 Å². The second-order valence-electron chi connectivity index (χ2n) is 17.0. The van der Waals surface area contributed by atoms with Crippen molar-refractivity contribution in [3.8, 4) is 0 Å². The summed E-state index contributed by atoms with van der Waals surface area (Å²) in [5.41, 5.74) is 0. The molecular formula is C47H82O19P2. The first-order chi connectivity index (χ1) is 32.3. The van der Waals surface area contributed by atoms with Crippen molar-refractivity contribution >= 4 is 27.6 Å². The SMILES string of the molecule is CC/C=C\C[C@@H](O)/C=C/C=C/C=C\C=C/[C@H](O)[C@@H](O)CCCC(=O)OC[C@H](COP(=O)(O)O[C@H]1C(O)C(O)C(O)[C@@H](OP(=O)(O)O)C1O)OC(=O)CCCCCCCCCCCCCCCCC. The van der Waals surface area contributed by atoms with Gasteiger partial charge in [0.2, 0.25) is 0 Å². The Morgan fingerprint density at radius 2 is 1.07 bits per heavy atom. The largest absolute Gasteiger partial charge is 0.472 e. The van der Waals surface area contributed by atoms with Crippen LogP contribution in [-0.4, -0.2) is 137 Å². The number of aliphatic hydroxyl groups is 7. The van der Waals surface area contributed by atoms with Gasteiger partial charge in [0.15, 0.2) is 6.10 Å². The van der Waals surface area contributed by atoms with Crippen LogP contribution in [0.4, 0.5) is 0 Å². The van der Waals surface area contributed by atoms with E-state index in [0.717, 1.165) is 38.5 Å². The van der Waals surface area contributed by atoms with Gasteiger partial charge in [-0.1, -0.05) is 164 Å². The van der Waals surface area contributed by atoms with E-state index in [2.05, 4.69) is 11.4 Å². The lowest BCUT2D eigenvalue weighted by Gasteiger charge is -2.43. The average molecular weight is 1010 g/mol. The highest BCUT2D eigenvalue weighted by molar-refractivity contribution is 7.47. The van der Waals surface area contributed by atoms with Crippen LogP contribution < -0.4 is 0 Å². The second-order valence-corrected chi connectivity index (χ2v) is 19.6. The van der Waals surface area contributed by atoms with Crippen LogP contribution in [-0.2, 0) is 41.8 Å². The number of ether oxygens (including phenoxy) is 2. The minimum atomic E-state index is -5.40. The molecule has 21 heteroatoms. The monoisotopic (exact) mass is 1010 g/mol. The Morgan fingerprint density at radius 1 is 0.574 bits per heavy atom. The molecule has 0 aromatic carbocycles. The van der Waals surface area contributed by atoms with Gasteiger partial charge in [-0.15, -0.1) is 0 Å². The third kappa shape index (κ3) is 31.0. The highest BCUT2D eigenvalue weighted by atomic mass is 31.2. The van der Waals surface area contributed by atoms with Gasteiger partial charge in [-0.3, -0.25) is 23.2 Å². The lowest BCUT2D eigenvalue weighted by molar-refractivity contribution is -0.216. The first-order valence-corrected chi connectivity index (χ1v) is 27.2. The Morgan fingerprint density at radius 3 is 1.62 bits per heavy atom. The number of hydrogen-bond donors (Lipinski definition) is 10. The summed E-state index contributed by atoms with van der Waals surface area (Å²) in [7, 11) is -10.8. The van der Waals surface area contributed by atoms with Gasteiger partial charge in [0.1, 0.15) is 43.2 Å². The molecule has 0 bridgehead atoms. The van der Waals surface area contributed by atoms with Gasteiger partial charge >= 0.3 is 27.6 Å². The van der Waals surface area contributed by atoms with Crippen molar-refractivity contribution in [2.75, 3.05) is 13.2 Å². The van der Waals surface area contributed by atoms with E-state index in [4.69, 9.17) is 18.5 Å². The molecule has 0 aromatic rings. The number of rotatable bonds is 39. The molecule has 0 radical (unpaired) electrons. The molecule has 0 aromatic heterocycles. The fraction of sp³-hybridized carbons (Fsp3) is 0.745. The summed E-state index contributed by atoms with van der Waals surface area (Å²) in [6, 6.07) is 0. The molecule has 1 rings (SSSR count). The lowest BCUT2D eigenvalue weighted by Crippen LogP contribution is -2.64. The fourth-order valence-electron chi connectivity index (χ4n) is 7.07. The Balaban J connectivity index is 2.72. The van der Waals surface area contributed by atoms with E-state index in [-0.39, 0.29) is 25.7 Å². The molecule has 0 heterocycles. The molecule has 0 spiro atoms. The maximum atomic E-state index is 13.0. The smallest absolute Gasteiger partial charge is 0.462 e. The normalized spacial score (nSPS) is 23.2. The molecule has 1 aliphatic rings. The zero-order chi connectivity index (χ0) is 50.8. The van der Waals surface area contributed by atoms with E-state index in [0.29, 0.717) is 12.8 Å². The van der Waals surface area contributed by atoms with Crippen LogP contribution in [0.2, 0.25) is 0 Å².